The second-order valence-electron chi connectivity index (χ2n) is 7.93. The fourth-order valence-electron chi connectivity index (χ4n) is 3.92. The van der Waals surface area contributed by atoms with Crippen LogP contribution in [0.5, 0.6) is 0 Å². The summed E-state index contributed by atoms with van der Waals surface area (Å²) in [5.74, 6) is 0.130. The second kappa shape index (κ2) is 9.16. The Labute approximate surface area is 182 Å². The fraction of sp³-hybridized carbons (Fsp3) is 0.375. The van der Waals surface area contributed by atoms with Gasteiger partial charge in [-0.2, -0.15) is 0 Å². The van der Waals surface area contributed by atoms with E-state index in [1.807, 2.05) is 0 Å². The molecule has 4 rings (SSSR count). The monoisotopic (exact) mass is 423 g/mol. The predicted octanol–water partition coefficient (Wildman–Crippen LogP) is 4.80. The van der Waals surface area contributed by atoms with Gasteiger partial charge in [0.25, 0.3) is 5.91 Å². The summed E-state index contributed by atoms with van der Waals surface area (Å²) in [4.78, 5) is 18.9. The molecular formula is C24H29N3O2S. The molecule has 5 nitrogen and oxygen atoms in total. The van der Waals surface area contributed by atoms with Gasteiger partial charge < -0.3 is 14.6 Å². The van der Waals surface area contributed by atoms with Crippen molar-refractivity contribution >= 4 is 22.2 Å². The van der Waals surface area contributed by atoms with Crippen molar-refractivity contribution in [2.75, 3.05) is 38.5 Å². The van der Waals surface area contributed by atoms with Gasteiger partial charge in [-0.05, 0) is 44.2 Å². The number of nitrogens with zero attached hydrogens (tertiary/aromatic N) is 2. The lowest BCUT2D eigenvalue weighted by Crippen LogP contribution is -2.46. The molecule has 0 saturated carbocycles. The number of hydrogen-bond acceptors (Lipinski definition) is 5. The molecule has 1 N–H and O–H groups in total. The van der Waals surface area contributed by atoms with Crippen LogP contribution in [0, 0.1) is 6.92 Å². The summed E-state index contributed by atoms with van der Waals surface area (Å²) in [7, 11) is 2.17. The van der Waals surface area contributed by atoms with Crippen molar-refractivity contribution < 1.29 is 9.21 Å². The molecule has 6 heteroatoms. The lowest BCUT2D eigenvalue weighted by atomic mass is 9.96. The van der Waals surface area contributed by atoms with Gasteiger partial charge in [-0.15, -0.1) is 11.3 Å². The van der Waals surface area contributed by atoms with Crippen LogP contribution in [-0.4, -0.2) is 48.9 Å². The second-order valence-corrected chi connectivity index (χ2v) is 9.07. The standard InChI is InChI=1S/C24H29N3O2S/c1-4-19-16-20(24(30-19)25-23(28)21-6-5-15-29-21)22(18-9-7-17(2)8-10-18)27-13-11-26(3)12-14-27/h5-10,15-16,22H,4,11-14H2,1-3H3,(H,25,28)/t22-/m1/s1. The highest BCUT2D eigenvalue weighted by atomic mass is 32.1. The van der Waals surface area contributed by atoms with E-state index in [4.69, 9.17) is 4.42 Å². The maximum Gasteiger partial charge on any atom is 0.291 e. The number of anilines is 1. The van der Waals surface area contributed by atoms with Crippen molar-refractivity contribution in [1.29, 1.82) is 0 Å². The Kier molecular flexibility index (Phi) is 6.37. The van der Waals surface area contributed by atoms with Gasteiger partial charge >= 0.3 is 0 Å². The molecular weight excluding hydrogens is 394 g/mol. The summed E-state index contributed by atoms with van der Waals surface area (Å²) < 4.78 is 5.30. The Bertz CT molecular complexity index is 971. The smallest absolute Gasteiger partial charge is 0.291 e. The normalized spacial score (nSPS) is 16.5. The third-order valence-corrected chi connectivity index (χ3v) is 6.93. The molecule has 0 unspecified atom stereocenters. The van der Waals surface area contributed by atoms with Crippen LogP contribution in [0.3, 0.4) is 0 Å². The van der Waals surface area contributed by atoms with Crippen LogP contribution in [0.4, 0.5) is 5.00 Å². The summed E-state index contributed by atoms with van der Waals surface area (Å²) >= 11 is 1.67. The number of furan rings is 1. The zero-order valence-corrected chi connectivity index (χ0v) is 18.7. The first-order valence-electron chi connectivity index (χ1n) is 10.5. The van der Waals surface area contributed by atoms with E-state index in [0.29, 0.717) is 5.76 Å². The van der Waals surface area contributed by atoms with E-state index in [2.05, 4.69) is 66.3 Å². The average molecular weight is 424 g/mol. The Balaban J connectivity index is 1.72. The Morgan fingerprint density at radius 1 is 1.17 bits per heavy atom. The number of benzene rings is 1. The van der Waals surface area contributed by atoms with Gasteiger partial charge in [-0.25, -0.2) is 0 Å². The highest BCUT2D eigenvalue weighted by molar-refractivity contribution is 7.16. The molecule has 0 bridgehead atoms. The lowest BCUT2D eigenvalue weighted by molar-refractivity contribution is 0.0996. The molecule has 158 valence electrons. The van der Waals surface area contributed by atoms with Gasteiger partial charge in [0.1, 0.15) is 5.00 Å². The first kappa shape index (κ1) is 20.8. The number of likely N-dealkylation sites (N-methyl/N-ethyl adjacent to an activating group) is 1. The van der Waals surface area contributed by atoms with Crippen molar-refractivity contribution in [3.8, 4) is 0 Å². The topological polar surface area (TPSA) is 48.7 Å². The lowest BCUT2D eigenvalue weighted by Gasteiger charge is -2.38. The summed E-state index contributed by atoms with van der Waals surface area (Å²) in [6.07, 6.45) is 2.47. The Morgan fingerprint density at radius 3 is 2.53 bits per heavy atom. The number of piperazine rings is 1. The maximum absolute atomic E-state index is 12.7. The van der Waals surface area contributed by atoms with Crippen LogP contribution >= 0.6 is 11.3 Å². The first-order valence-corrected chi connectivity index (χ1v) is 11.3. The Morgan fingerprint density at radius 2 is 1.90 bits per heavy atom. The predicted molar refractivity (Wildman–Crippen MR) is 122 cm³/mol. The molecule has 0 aliphatic carbocycles. The molecule has 30 heavy (non-hydrogen) atoms. The van der Waals surface area contributed by atoms with Gasteiger partial charge in [0, 0.05) is 36.6 Å². The first-order chi connectivity index (χ1) is 14.5. The minimum Gasteiger partial charge on any atom is -0.459 e. The number of nitrogens with one attached hydrogen (secondary N) is 1. The number of carbonyl (C=O) groups excluding carboxylic acids is 1. The van der Waals surface area contributed by atoms with Crippen molar-refractivity contribution in [2.24, 2.45) is 0 Å². The van der Waals surface area contributed by atoms with Crippen molar-refractivity contribution in [3.05, 3.63) is 76.1 Å². The molecule has 1 fully saturated rings. The summed E-state index contributed by atoms with van der Waals surface area (Å²) in [5.41, 5.74) is 3.69. The minimum absolute atomic E-state index is 0.114. The van der Waals surface area contributed by atoms with Gasteiger partial charge in [0.2, 0.25) is 0 Å². The van der Waals surface area contributed by atoms with Crippen LogP contribution in [-0.2, 0) is 6.42 Å². The van der Waals surface area contributed by atoms with Crippen LogP contribution < -0.4 is 5.32 Å². The van der Waals surface area contributed by atoms with E-state index in [-0.39, 0.29) is 11.9 Å². The molecule has 2 aromatic heterocycles. The summed E-state index contributed by atoms with van der Waals surface area (Å²) in [6, 6.07) is 14.6. The molecule has 0 spiro atoms. The van der Waals surface area contributed by atoms with E-state index >= 15 is 0 Å². The number of thiophene rings is 1. The van der Waals surface area contributed by atoms with E-state index < -0.39 is 0 Å². The molecule has 3 aromatic rings. The van der Waals surface area contributed by atoms with Crippen LogP contribution in [0.25, 0.3) is 0 Å². The van der Waals surface area contributed by atoms with Crippen LogP contribution in [0.1, 0.15) is 45.1 Å². The fourth-order valence-corrected chi connectivity index (χ4v) is 4.95. The van der Waals surface area contributed by atoms with Crippen LogP contribution in [0.15, 0.2) is 53.1 Å². The SMILES string of the molecule is CCc1cc([C@@H](c2ccc(C)cc2)N2CCN(C)CC2)c(NC(=O)c2ccco2)s1. The highest BCUT2D eigenvalue weighted by Gasteiger charge is 2.29. The largest absolute Gasteiger partial charge is 0.459 e. The third-order valence-electron chi connectivity index (χ3n) is 5.72. The summed E-state index contributed by atoms with van der Waals surface area (Å²) in [5, 5.41) is 4.04. The minimum atomic E-state index is -0.202. The molecule has 1 atom stereocenters. The van der Waals surface area contributed by atoms with Gasteiger partial charge in [-0.1, -0.05) is 36.8 Å². The van der Waals surface area contributed by atoms with E-state index in [9.17, 15) is 4.79 Å². The maximum atomic E-state index is 12.7. The molecule has 1 aliphatic heterocycles. The average Bonchev–Trinajstić information content (AvgIpc) is 3.42. The van der Waals surface area contributed by atoms with E-state index in [1.165, 1.54) is 27.8 Å². The zero-order valence-electron chi connectivity index (χ0n) is 17.9. The van der Waals surface area contributed by atoms with Gasteiger partial charge in [-0.3, -0.25) is 9.69 Å². The third kappa shape index (κ3) is 4.51. The molecule has 1 aliphatic rings. The van der Waals surface area contributed by atoms with Gasteiger partial charge in [0.05, 0.1) is 12.3 Å². The number of hydrogen-bond donors (Lipinski definition) is 1. The summed E-state index contributed by atoms with van der Waals surface area (Å²) in [6.45, 7) is 8.35. The quantitative estimate of drug-likeness (QED) is 0.619. The van der Waals surface area contributed by atoms with Crippen LogP contribution in [0.2, 0.25) is 0 Å². The van der Waals surface area contributed by atoms with Crippen molar-refractivity contribution in [2.45, 2.75) is 26.3 Å². The molecule has 0 radical (unpaired) electrons. The van der Waals surface area contributed by atoms with E-state index in [0.717, 1.165) is 37.6 Å². The zero-order chi connectivity index (χ0) is 21.1. The number of aryl methyl sites for hydroxylation is 2. The number of carbonyl (C=O) groups is 1. The van der Waals surface area contributed by atoms with Gasteiger partial charge in [0.15, 0.2) is 5.76 Å². The number of rotatable bonds is 6. The van der Waals surface area contributed by atoms with Crippen molar-refractivity contribution in [3.63, 3.8) is 0 Å². The molecule has 1 aromatic carbocycles. The van der Waals surface area contributed by atoms with Crippen molar-refractivity contribution in [1.82, 2.24) is 9.80 Å². The Hall–Kier alpha value is -2.41. The molecule has 1 amide bonds. The van der Waals surface area contributed by atoms with E-state index in [1.54, 1.807) is 23.5 Å². The molecule has 1 saturated heterocycles. The molecule has 3 heterocycles. The number of amides is 1. The highest BCUT2D eigenvalue weighted by Crippen LogP contribution is 2.40.